The van der Waals surface area contributed by atoms with Crippen LogP contribution in [0.25, 0.3) is 0 Å². The lowest BCUT2D eigenvalue weighted by atomic mass is 10.2. The van der Waals surface area contributed by atoms with Crippen LogP contribution in [0.15, 0.2) is 66.9 Å². The van der Waals surface area contributed by atoms with Gasteiger partial charge in [-0.1, -0.05) is 18.2 Å². The summed E-state index contributed by atoms with van der Waals surface area (Å²) in [6.45, 7) is 0. The molecule has 0 aliphatic carbocycles. The summed E-state index contributed by atoms with van der Waals surface area (Å²) in [6, 6.07) is 18.7. The topological polar surface area (TPSA) is 70.2 Å². The van der Waals surface area contributed by atoms with Gasteiger partial charge in [0.25, 0.3) is 5.91 Å². The van der Waals surface area contributed by atoms with Crippen LogP contribution in [0.3, 0.4) is 0 Å². The Morgan fingerprint density at radius 1 is 0.920 bits per heavy atom. The van der Waals surface area contributed by atoms with Crippen LogP contribution in [-0.2, 0) is 0 Å². The highest BCUT2D eigenvalue weighted by atomic mass is 16.1. The van der Waals surface area contributed by atoms with Gasteiger partial charge in [-0.3, -0.25) is 4.79 Å². The molecule has 0 fully saturated rings. The summed E-state index contributed by atoms with van der Waals surface area (Å²) in [6.07, 6.45) is 1.56. The monoisotopic (exact) mass is 333 g/mol. The van der Waals surface area contributed by atoms with Gasteiger partial charge in [0.2, 0.25) is 5.95 Å². The van der Waals surface area contributed by atoms with Crippen LogP contribution >= 0.6 is 0 Å². The Kier molecular flexibility index (Phi) is 4.89. The van der Waals surface area contributed by atoms with Crippen molar-refractivity contribution in [2.75, 3.05) is 29.6 Å². The molecule has 1 heterocycles. The first kappa shape index (κ1) is 16.4. The summed E-state index contributed by atoms with van der Waals surface area (Å²) in [5, 5.41) is 5.92. The second-order valence-electron chi connectivity index (χ2n) is 5.65. The van der Waals surface area contributed by atoms with Crippen molar-refractivity contribution in [1.82, 2.24) is 9.97 Å². The van der Waals surface area contributed by atoms with E-state index in [9.17, 15) is 4.79 Å². The number of benzene rings is 2. The van der Waals surface area contributed by atoms with Crippen LogP contribution < -0.4 is 15.5 Å². The van der Waals surface area contributed by atoms with E-state index >= 15 is 0 Å². The first-order chi connectivity index (χ1) is 12.1. The van der Waals surface area contributed by atoms with E-state index < -0.39 is 0 Å². The maximum Gasteiger partial charge on any atom is 0.274 e. The van der Waals surface area contributed by atoms with Gasteiger partial charge in [0.15, 0.2) is 0 Å². The SMILES string of the molecule is CN(C)c1ccc(NC(=O)c2ccnc(Nc3ccccc3)n2)cc1. The largest absolute Gasteiger partial charge is 0.378 e. The molecule has 126 valence electrons. The molecule has 0 aliphatic heterocycles. The average Bonchev–Trinajstić information content (AvgIpc) is 2.63. The molecule has 0 saturated heterocycles. The molecule has 3 aromatic rings. The van der Waals surface area contributed by atoms with Crippen molar-refractivity contribution >= 4 is 28.9 Å². The third kappa shape index (κ3) is 4.32. The second kappa shape index (κ2) is 7.44. The minimum Gasteiger partial charge on any atom is -0.378 e. The van der Waals surface area contributed by atoms with Crippen molar-refractivity contribution in [3.63, 3.8) is 0 Å². The fraction of sp³-hybridized carbons (Fsp3) is 0.105. The molecule has 0 aliphatic rings. The Labute approximate surface area is 146 Å². The molecule has 1 amide bonds. The molecule has 2 aromatic carbocycles. The first-order valence-electron chi connectivity index (χ1n) is 7.86. The van der Waals surface area contributed by atoms with Crippen molar-refractivity contribution in [1.29, 1.82) is 0 Å². The van der Waals surface area contributed by atoms with Crippen LogP contribution in [0.5, 0.6) is 0 Å². The van der Waals surface area contributed by atoms with Gasteiger partial charge in [-0.15, -0.1) is 0 Å². The average molecular weight is 333 g/mol. The summed E-state index contributed by atoms with van der Waals surface area (Å²) in [7, 11) is 3.94. The summed E-state index contributed by atoms with van der Waals surface area (Å²) >= 11 is 0. The van der Waals surface area contributed by atoms with Gasteiger partial charge in [-0.25, -0.2) is 9.97 Å². The van der Waals surface area contributed by atoms with Crippen molar-refractivity contribution in [3.05, 3.63) is 72.6 Å². The van der Waals surface area contributed by atoms with Crippen molar-refractivity contribution in [3.8, 4) is 0 Å². The minimum atomic E-state index is -0.281. The van der Waals surface area contributed by atoms with Gasteiger partial charge >= 0.3 is 0 Å². The third-order valence-electron chi connectivity index (χ3n) is 3.56. The normalized spacial score (nSPS) is 10.2. The van der Waals surface area contributed by atoms with E-state index in [0.717, 1.165) is 11.4 Å². The van der Waals surface area contributed by atoms with Gasteiger partial charge in [0, 0.05) is 37.4 Å². The Balaban J connectivity index is 1.70. The molecule has 6 nitrogen and oxygen atoms in total. The van der Waals surface area contributed by atoms with Gasteiger partial charge < -0.3 is 15.5 Å². The van der Waals surface area contributed by atoms with E-state index in [1.165, 1.54) is 0 Å². The number of rotatable bonds is 5. The molecular formula is C19H19N5O. The molecule has 3 rings (SSSR count). The van der Waals surface area contributed by atoms with E-state index in [4.69, 9.17) is 0 Å². The highest BCUT2D eigenvalue weighted by molar-refractivity contribution is 6.03. The van der Waals surface area contributed by atoms with E-state index in [-0.39, 0.29) is 5.91 Å². The van der Waals surface area contributed by atoms with Crippen LogP contribution in [0.4, 0.5) is 23.0 Å². The molecule has 1 aromatic heterocycles. The van der Waals surface area contributed by atoms with E-state index in [0.29, 0.717) is 17.3 Å². The van der Waals surface area contributed by atoms with Gasteiger partial charge in [0.1, 0.15) is 5.69 Å². The summed E-state index contributed by atoms with van der Waals surface area (Å²) in [4.78, 5) is 22.8. The molecule has 0 radical (unpaired) electrons. The Hall–Kier alpha value is -3.41. The molecular weight excluding hydrogens is 314 g/mol. The predicted octanol–water partition coefficient (Wildman–Crippen LogP) is 3.54. The van der Waals surface area contributed by atoms with Crippen molar-refractivity contribution in [2.24, 2.45) is 0 Å². The first-order valence-corrected chi connectivity index (χ1v) is 7.86. The zero-order valence-electron chi connectivity index (χ0n) is 14.1. The number of nitrogens with one attached hydrogen (secondary N) is 2. The number of anilines is 4. The lowest BCUT2D eigenvalue weighted by molar-refractivity contribution is 0.102. The van der Waals surface area contributed by atoms with Crippen molar-refractivity contribution in [2.45, 2.75) is 0 Å². The molecule has 0 atom stereocenters. The van der Waals surface area contributed by atoms with Gasteiger partial charge in [-0.05, 0) is 42.5 Å². The number of carbonyl (C=O) groups excluding carboxylic acids is 1. The number of carbonyl (C=O) groups is 1. The number of para-hydroxylation sites is 1. The highest BCUT2D eigenvalue weighted by Gasteiger charge is 2.09. The van der Waals surface area contributed by atoms with Crippen LogP contribution in [-0.4, -0.2) is 30.0 Å². The standard InChI is InChI=1S/C19H19N5O/c1-24(2)16-10-8-15(9-11-16)21-18(25)17-12-13-20-19(23-17)22-14-6-4-3-5-7-14/h3-13H,1-2H3,(H,21,25)(H,20,22,23). The van der Waals surface area contributed by atoms with Crippen LogP contribution in [0.2, 0.25) is 0 Å². The molecule has 6 heteroatoms. The molecule has 0 bridgehead atoms. The molecule has 0 saturated carbocycles. The zero-order chi connectivity index (χ0) is 17.6. The predicted molar refractivity (Wildman–Crippen MR) is 100 cm³/mol. The molecule has 0 unspecified atom stereocenters. The molecule has 25 heavy (non-hydrogen) atoms. The zero-order valence-corrected chi connectivity index (χ0v) is 14.1. The lowest BCUT2D eigenvalue weighted by Gasteiger charge is -2.13. The van der Waals surface area contributed by atoms with Crippen LogP contribution in [0.1, 0.15) is 10.5 Å². The van der Waals surface area contributed by atoms with Crippen molar-refractivity contribution < 1.29 is 4.79 Å². The Morgan fingerprint density at radius 3 is 2.32 bits per heavy atom. The maximum absolute atomic E-state index is 12.4. The van der Waals surface area contributed by atoms with Gasteiger partial charge in [-0.2, -0.15) is 0 Å². The fourth-order valence-corrected chi connectivity index (χ4v) is 2.23. The number of aromatic nitrogens is 2. The number of amides is 1. The molecule has 2 N–H and O–H groups in total. The smallest absolute Gasteiger partial charge is 0.274 e. The summed E-state index contributed by atoms with van der Waals surface area (Å²) in [5.41, 5.74) is 2.94. The minimum absolute atomic E-state index is 0.281. The number of hydrogen-bond acceptors (Lipinski definition) is 5. The van der Waals surface area contributed by atoms with E-state index in [2.05, 4.69) is 20.6 Å². The lowest BCUT2D eigenvalue weighted by Crippen LogP contribution is -2.15. The summed E-state index contributed by atoms with van der Waals surface area (Å²) in [5.74, 6) is 0.0953. The quantitative estimate of drug-likeness (QED) is 0.747. The maximum atomic E-state index is 12.4. The second-order valence-corrected chi connectivity index (χ2v) is 5.65. The molecule has 0 spiro atoms. The third-order valence-corrected chi connectivity index (χ3v) is 3.56. The van der Waals surface area contributed by atoms with E-state index in [1.807, 2.05) is 73.6 Å². The van der Waals surface area contributed by atoms with E-state index in [1.54, 1.807) is 12.3 Å². The Morgan fingerprint density at radius 2 is 1.64 bits per heavy atom. The highest BCUT2D eigenvalue weighted by Crippen LogP contribution is 2.17. The van der Waals surface area contributed by atoms with Gasteiger partial charge in [0.05, 0.1) is 0 Å². The van der Waals surface area contributed by atoms with Crippen LogP contribution in [0, 0.1) is 0 Å². The summed E-state index contributed by atoms with van der Waals surface area (Å²) < 4.78 is 0. The fourth-order valence-electron chi connectivity index (χ4n) is 2.23. The Bertz CT molecular complexity index is 847. The number of hydrogen-bond donors (Lipinski definition) is 2. The number of nitrogens with zero attached hydrogens (tertiary/aromatic N) is 3.